The molecule has 0 radical (unpaired) electrons. The second kappa shape index (κ2) is 5.01. The number of sulfone groups is 1. The smallest absolute Gasteiger partial charge is 0.217 e. The third-order valence-corrected chi connectivity index (χ3v) is 7.15. The van der Waals surface area contributed by atoms with Crippen molar-refractivity contribution in [2.75, 3.05) is 25.1 Å². The SMILES string of the molecule is CCCCN(C)S(=O)(=O)[C@H]1CCS(=O)(=O)C1. The van der Waals surface area contributed by atoms with E-state index in [1.807, 2.05) is 6.92 Å². The topological polar surface area (TPSA) is 71.5 Å². The van der Waals surface area contributed by atoms with Crippen molar-refractivity contribution in [1.29, 1.82) is 0 Å². The van der Waals surface area contributed by atoms with E-state index in [1.54, 1.807) is 0 Å². The Balaban J connectivity index is 2.72. The Bertz CT molecular complexity index is 426. The lowest BCUT2D eigenvalue weighted by atomic mass is 10.3. The van der Waals surface area contributed by atoms with Gasteiger partial charge in [0.2, 0.25) is 10.0 Å². The van der Waals surface area contributed by atoms with Gasteiger partial charge in [0.25, 0.3) is 0 Å². The van der Waals surface area contributed by atoms with E-state index in [-0.39, 0.29) is 17.9 Å². The highest BCUT2D eigenvalue weighted by Gasteiger charge is 2.38. The molecule has 0 saturated carbocycles. The predicted molar refractivity (Wildman–Crippen MR) is 63.5 cm³/mol. The maximum absolute atomic E-state index is 12.0. The van der Waals surface area contributed by atoms with E-state index < -0.39 is 25.1 Å². The molecule has 5 nitrogen and oxygen atoms in total. The summed E-state index contributed by atoms with van der Waals surface area (Å²) in [4.78, 5) is 0. The second-order valence-electron chi connectivity index (χ2n) is 4.25. The van der Waals surface area contributed by atoms with Crippen LogP contribution in [0.5, 0.6) is 0 Å². The van der Waals surface area contributed by atoms with E-state index in [0.29, 0.717) is 6.54 Å². The van der Waals surface area contributed by atoms with Gasteiger partial charge in [-0.3, -0.25) is 0 Å². The molecule has 1 fully saturated rings. The lowest BCUT2D eigenvalue weighted by Gasteiger charge is -2.20. The predicted octanol–water partition coefficient (Wildman–Crippen LogP) is 0.235. The molecule has 7 heteroatoms. The Hall–Kier alpha value is -0.140. The van der Waals surface area contributed by atoms with Crippen LogP contribution in [0.25, 0.3) is 0 Å². The molecule has 0 spiro atoms. The number of rotatable bonds is 5. The van der Waals surface area contributed by atoms with Crippen LogP contribution in [-0.2, 0) is 19.9 Å². The maximum Gasteiger partial charge on any atom is 0.217 e. The number of hydrogen-bond acceptors (Lipinski definition) is 4. The Morgan fingerprint density at radius 2 is 2.00 bits per heavy atom. The van der Waals surface area contributed by atoms with Crippen LogP contribution in [0.1, 0.15) is 26.2 Å². The first-order valence-corrected chi connectivity index (χ1v) is 8.77. The van der Waals surface area contributed by atoms with Crippen LogP contribution >= 0.6 is 0 Å². The molecule has 0 aromatic rings. The molecule has 1 atom stereocenters. The van der Waals surface area contributed by atoms with Crippen molar-refractivity contribution in [2.24, 2.45) is 0 Å². The minimum atomic E-state index is -3.43. The van der Waals surface area contributed by atoms with Crippen molar-refractivity contribution >= 4 is 19.9 Å². The van der Waals surface area contributed by atoms with Gasteiger partial charge in [0.1, 0.15) is 0 Å². The summed E-state index contributed by atoms with van der Waals surface area (Å²) in [5, 5.41) is -0.737. The van der Waals surface area contributed by atoms with Crippen LogP contribution in [0.4, 0.5) is 0 Å². The van der Waals surface area contributed by atoms with Crippen molar-refractivity contribution in [3.05, 3.63) is 0 Å². The van der Waals surface area contributed by atoms with Gasteiger partial charge < -0.3 is 0 Å². The summed E-state index contributed by atoms with van der Waals surface area (Å²) in [6.07, 6.45) is 1.96. The van der Waals surface area contributed by atoms with Gasteiger partial charge in [0, 0.05) is 13.6 Å². The van der Waals surface area contributed by atoms with Crippen molar-refractivity contribution in [1.82, 2.24) is 4.31 Å². The minimum Gasteiger partial charge on any atom is -0.229 e. The summed E-state index contributed by atoms with van der Waals surface area (Å²) < 4.78 is 47.8. The van der Waals surface area contributed by atoms with Gasteiger partial charge in [-0.2, -0.15) is 0 Å². The first-order chi connectivity index (χ1) is 7.29. The maximum atomic E-state index is 12.0. The van der Waals surface area contributed by atoms with Gasteiger partial charge in [-0.1, -0.05) is 13.3 Å². The minimum absolute atomic E-state index is 0.00147. The van der Waals surface area contributed by atoms with Crippen molar-refractivity contribution < 1.29 is 16.8 Å². The molecular formula is C9H19NO4S2. The number of sulfonamides is 1. The van der Waals surface area contributed by atoms with E-state index in [9.17, 15) is 16.8 Å². The van der Waals surface area contributed by atoms with Crippen LogP contribution in [0, 0.1) is 0 Å². The molecule has 0 bridgehead atoms. The van der Waals surface area contributed by atoms with E-state index in [4.69, 9.17) is 0 Å². The van der Waals surface area contributed by atoms with Crippen molar-refractivity contribution in [3.63, 3.8) is 0 Å². The van der Waals surface area contributed by atoms with Gasteiger partial charge in [0.15, 0.2) is 9.84 Å². The van der Waals surface area contributed by atoms with Gasteiger partial charge in [0.05, 0.1) is 16.8 Å². The Morgan fingerprint density at radius 3 is 2.44 bits per heavy atom. The molecular weight excluding hydrogens is 250 g/mol. The molecule has 0 unspecified atom stereocenters. The zero-order valence-corrected chi connectivity index (χ0v) is 11.3. The average molecular weight is 269 g/mol. The highest BCUT2D eigenvalue weighted by molar-refractivity contribution is 7.95. The van der Waals surface area contributed by atoms with Crippen molar-refractivity contribution in [3.8, 4) is 0 Å². The van der Waals surface area contributed by atoms with Crippen LogP contribution in [0.2, 0.25) is 0 Å². The summed E-state index contributed by atoms with van der Waals surface area (Å²) >= 11 is 0. The fourth-order valence-corrected chi connectivity index (χ4v) is 6.07. The van der Waals surface area contributed by atoms with Gasteiger partial charge in [-0.15, -0.1) is 0 Å². The number of unbranched alkanes of at least 4 members (excludes halogenated alkanes) is 1. The molecule has 0 N–H and O–H groups in total. The van der Waals surface area contributed by atoms with Crippen LogP contribution in [-0.4, -0.2) is 51.5 Å². The highest BCUT2D eigenvalue weighted by Crippen LogP contribution is 2.21. The molecule has 0 aromatic heterocycles. The average Bonchev–Trinajstić information content (AvgIpc) is 2.55. The van der Waals surface area contributed by atoms with E-state index >= 15 is 0 Å². The Labute approximate surface area is 97.8 Å². The van der Waals surface area contributed by atoms with Crippen LogP contribution in [0.15, 0.2) is 0 Å². The van der Waals surface area contributed by atoms with Gasteiger partial charge in [-0.25, -0.2) is 21.1 Å². The molecule has 1 heterocycles. The molecule has 0 aromatic carbocycles. The molecule has 16 heavy (non-hydrogen) atoms. The Kier molecular flexibility index (Phi) is 4.36. The zero-order chi connectivity index (χ0) is 12.4. The molecule has 0 amide bonds. The van der Waals surface area contributed by atoms with Gasteiger partial charge >= 0.3 is 0 Å². The summed E-state index contributed by atoms with van der Waals surface area (Å²) in [6, 6.07) is 0. The molecule has 1 saturated heterocycles. The molecule has 1 aliphatic heterocycles. The quantitative estimate of drug-likeness (QED) is 0.716. The van der Waals surface area contributed by atoms with Crippen molar-refractivity contribution in [2.45, 2.75) is 31.4 Å². The van der Waals surface area contributed by atoms with Crippen LogP contribution < -0.4 is 0 Å². The third kappa shape index (κ3) is 3.18. The normalized spacial score (nSPS) is 25.1. The largest absolute Gasteiger partial charge is 0.229 e. The zero-order valence-electron chi connectivity index (χ0n) is 9.72. The van der Waals surface area contributed by atoms with E-state index in [2.05, 4.69) is 0 Å². The summed E-state index contributed by atoms with van der Waals surface area (Å²) in [5.74, 6) is -0.218. The molecule has 1 rings (SSSR count). The van der Waals surface area contributed by atoms with Gasteiger partial charge in [-0.05, 0) is 12.8 Å². The first-order valence-electron chi connectivity index (χ1n) is 5.45. The fourth-order valence-electron chi connectivity index (χ4n) is 1.76. The molecule has 1 aliphatic rings. The summed E-state index contributed by atoms with van der Waals surface area (Å²) in [7, 11) is -5.04. The lowest BCUT2D eigenvalue weighted by molar-refractivity contribution is 0.451. The number of nitrogens with zero attached hydrogens (tertiary/aromatic N) is 1. The van der Waals surface area contributed by atoms with E-state index in [1.165, 1.54) is 11.4 Å². The summed E-state index contributed by atoms with van der Waals surface area (Å²) in [6.45, 7) is 2.45. The highest BCUT2D eigenvalue weighted by atomic mass is 32.2. The third-order valence-electron chi connectivity index (χ3n) is 2.87. The standard InChI is InChI=1S/C9H19NO4S2/c1-3-4-6-10(2)16(13,14)9-5-7-15(11,12)8-9/h9H,3-8H2,1-2H3/t9-/m0/s1. The number of hydrogen-bond donors (Lipinski definition) is 0. The monoisotopic (exact) mass is 269 g/mol. The molecule has 0 aliphatic carbocycles. The molecule has 96 valence electrons. The first kappa shape index (κ1) is 13.9. The van der Waals surface area contributed by atoms with E-state index in [0.717, 1.165) is 12.8 Å². The summed E-state index contributed by atoms with van der Waals surface area (Å²) in [5.41, 5.74) is 0. The van der Waals surface area contributed by atoms with Crippen LogP contribution in [0.3, 0.4) is 0 Å². The fraction of sp³-hybridized carbons (Fsp3) is 1.00. The lowest BCUT2D eigenvalue weighted by Crippen LogP contribution is -2.37. The second-order valence-corrected chi connectivity index (χ2v) is 8.79. The Morgan fingerprint density at radius 1 is 1.38 bits per heavy atom.